The van der Waals surface area contributed by atoms with Crippen molar-refractivity contribution in [3.8, 4) is 65.4 Å². The number of thiophene rings is 1. The maximum absolute atomic E-state index is 2.39. The molecule has 0 bridgehead atoms. The van der Waals surface area contributed by atoms with Gasteiger partial charge in [-0.05, 0) is 56.6 Å². The second kappa shape index (κ2) is 11.9. The molecule has 212 valence electrons. The van der Waals surface area contributed by atoms with Gasteiger partial charge in [0.05, 0.1) is 0 Å². The van der Waals surface area contributed by atoms with Gasteiger partial charge in [-0.2, -0.15) is 0 Å². The van der Waals surface area contributed by atoms with Crippen LogP contribution in [-0.4, -0.2) is 0 Å². The Morgan fingerprint density at radius 1 is 0.267 bits per heavy atom. The van der Waals surface area contributed by atoms with Gasteiger partial charge in [0.1, 0.15) is 0 Å². The molecule has 0 unspecified atom stereocenters. The SMILES string of the molecule is c1ccc(-c2cc(-c3ccccc3)c(-c3sc(-c4ccccc4-c4ccccc4)c4ccccc34)c(-c3ccccc3)c2)cc1. The van der Waals surface area contributed by atoms with Crippen LogP contribution in [0.25, 0.3) is 76.2 Å². The minimum Gasteiger partial charge on any atom is -0.134 e. The summed E-state index contributed by atoms with van der Waals surface area (Å²) in [4.78, 5) is 2.59. The molecule has 0 nitrogen and oxygen atoms in total. The van der Waals surface area contributed by atoms with Crippen LogP contribution in [0.15, 0.2) is 182 Å². The van der Waals surface area contributed by atoms with Crippen molar-refractivity contribution in [1.82, 2.24) is 0 Å². The van der Waals surface area contributed by atoms with Gasteiger partial charge < -0.3 is 0 Å². The van der Waals surface area contributed by atoms with Crippen molar-refractivity contribution in [3.05, 3.63) is 182 Å². The first-order valence-corrected chi connectivity index (χ1v) is 16.2. The zero-order chi connectivity index (χ0) is 30.0. The molecule has 8 rings (SSSR count). The van der Waals surface area contributed by atoms with Gasteiger partial charge in [-0.15, -0.1) is 11.3 Å². The van der Waals surface area contributed by atoms with Crippen molar-refractivity contribution in [1.29, 1.82) is 0 Å². The van der Waals surface area contributed by atoms with E-state index in [1.54, 1.807) is 0 Å². The first-order valence-electron chi connectivity index (χ1n) is 15.4. The van der Waals surface area contributed by atoms with Crippen molar-refractivity contribution >= 4 is 22.1 Å². The van der Waals surface area contributed by atoms with Crippen LogP contribution < -0.4 is 0 Å². The Kier molecular flexibility index (Phi) is 7.15. The molecular formula is C44H30S. The van der Waals surface area contributed by atoms with E-state index in [9.17, 15) is 0 Å². The van der Waals surface area contributed by atoms with Crippen LogP contribution in [0.4, 0.5) is 0 Å². The fraction of sp³-hybridized carbons (Fsp3) is 0. The highest BCUT2D eigenvalue weighted by atomic mass is 32.1. The molecule has 8 aromatic rings. The van der Waals surface area contributed by atoms with Crippen molar-refractivity contribution in [3.63, 3.8) is 0 Å². The molecule has 0 amide bonds. The topological polar surface area (TPSA) is 0 Å². The molecule has 0 saturated heterocycles. The Morgan fingerprint density at radius 2 is 0.644 bits per heavy atom. The minimum atomic E-state index is 1.21. The molecule has 0 fully saturated rings. The summed E-state index contributed by atoms with van der Waals surface area (Å²) in [7, 11) is 0. The number of hydrogen-bond donors (Lipinski definition) is 0. The highest BCUT2D eigenvalue weighted by Gasteiger charge is 2.23. The maximum Gasteiger partial charge on any atom is 0.0440 e. The monoisotopic (exact) mass is 590 g/mol. The Labute approximate surface area is 268 Å². The fourth-order valence-corrected chi connectivity index (χ4v) is 7.79. The van der Waals surface area contributed by atoms with Gasteiger partial charge >= 0.3 is 0 Å². The molecule has 0 saturated carbocycles. The molecule has 0 radical (unpaired) electrons. The lowest BCUT2D eigenvalue weighted by Gasteiger charge is -2.18. The Hall–Kier alpha value is -5.50. The van der Waals surface area contributed by atoms with Gasteiger partial charge in [-0.3, -0.25) is 0 Å². The Bertz CT molecular complexity index is 2170. The van der Waals surface area contributed by atoms with Gasteiger partial charge in [0.25, 0.3) is 0 Å². The molecule has 0 N–H and O–H groups in total. The normalized spacial score (nSPS) is 11.1. The lowest BCUT2D eigenvalue weighted by Crippen LogP contribution is -1.92. The second-order valence-corrected chi connectivity index (χ2v) is 12.3. The highest BCUT2D eigenvalue weighted by molar-refractivity contribution is 7.21. The Balaban J connectivity index is 1.47. The molecule has 1 heteroatoms. The number of rotatable bonds is 6. The van der Waals surface area contributed by atoms with E-state index in [1.165, 1.54) is 76.2 Å². The van der Waals surface area contributed by atoms with E-state index in [4.69, 9.17) is 0 Å². The lowest BCUT2D eigenvalue weighted by molar-refractivity contribution is 1.57. The summed E-state index contributed by atoms with van der Waals surface area (Å²) in [5, 5.41) is 2.56. The van der Waals surface area contributed by atoms with E-state index < -0.39 is 0 Å². The zero-order valence-corrected chi connectivity index (χ0v) is 25.5. The lowest BCUT2D eigenvalue weighted by atomic mass is 9.86. The molecule has 0 aliphatic rings. The third-order valence-corrected chi connectivity index (χ3v) is 9.79. The summed E-state index contributed by atoms with van der Waals surface area (Å²) in [6, 6.07) is 65.7. The average molecular weight is 591 g/mol. The van der Waals surface area contributed by atoms with Crippen LogP contribution in [0.3, 0.4) is 0 Å². The molecule has 0 aliphatic carbocycles. The van der Waals surface area contributed by atoms with Crippen molar-refractivity contribution in [2.75, 3.05) is 0 Å². The van der Waals surface area contributed by atoms with Gasteiger partial charge in [-0.25, -0.2) is 0 Å². The van der Waals surface area contributed by atoms with Crippen LogP contribution >= 0.6 is 11.3 Å². The molecule has 0 atom stereocenters. The zero-order valence-electron chi connectivity index (χ0n) is 24.7. The number of fused-ring (bicyclic) bond motifs is 1. The van der Waals surface area contributed by atoms with Gasteiger partial charge in [-0.1, -0.05) is 170 Å². The quantitative estimate of drug-likeness (QED) is 0.181. The molecule has 1 aromatic heterocycles. The van der Waals surface area contributed by atoms with Gasteiger partial charge in [0.15, 0.2) is 0 Å². The summed E-state index contributed by atoms with van der Waals surface area (Å²) in [5.41, 5.74) is 12.4. The van der Waals surface area contributed by atoms with E-state index in [0.717, 1.165) is 0 Å². The molecule has 0 aliphatic heterocycles. The highest BCUT2D eigenvalue weighted by Crippen LogP contribution is 2.52. The van der Waals surface area contributed by atoms with Crippen LogP contribution in [0, 0.1) is 0 Å². The van der Waals surface area contributed by atoms with Crippen LogP contribution in [0.2, 0.25) is 0 Å². The van der Waals surface area contributed by atoms with E-state index in [0.29, 0.717) is 0 Å². The summed E-state index contributed by atoms with van der Waals surface area (Å²) < 4.78 is 0. The smallest absolute Gasteiger partial charge is 0.0440 e. The van der Waals surface area contributed by atoms with Gasteiger partial charge in [0.2, 0.25) is 0 Å². The standard InChI is InChI=1S/C44H30S/c1-5-17-31(18-6-1)35-29-40(33-21-9-3-10-22-33)42(41(30-35)34-23-11-4-12-24-34)44-39-28-16-15-27-38(39)43(45-44)37-26-14-13-25-36(37)32-19-7-2-8-20-32/h1-30H. The number of hydrogen-bond acceptors (Lipinski definition) is 1. The minimum absolute atomic E-state index is 1.21. The van der Waals surface area contributed by atoms with Crippen molar-refractivity contribution in [2.45, 2.75) is 0 Å². The maximum atomic E-state index is 2.39. The van der Waals surface area contributed by atoms with Gasteiger partial charge in [0, 0.05) is 31.7 Å². The summed E-state index contributed by atoms with van der Waals surface area (Å²) in [6.45, 7) is 0. The van der Waals surface area contributed by atoms with E-state index in [2.05, 4.69) is 182 Å². The predicted molar refractivity (Wildman–Crippen MR) is 194 cm³/mol. The third-order valence-electron chi connectivity index (χ3n) is 8.52. The number of benzene rings is 7. The van der Waals surface area contributed by atoms with Crippen molar-refractivity contribution < 1.29 is 0 Å². The predicted octanol–water partition coefficient (Wildman–Crippen LogP) is 12.9. The van der Waals surface area contributed by atoms with Crippen LogP contribution in [0.1, 0.15) is 0 Å². The van der Waals surface area contributed by atoms with E-state index in [1.807, 2.05) is 11.3 Å². The summed E-state index contributed by atoms with van der Waals surface area (Å²) in [6.07, 6.45) is 0. The Morgan fingerprint density at radius 3 is 1.16 bits per heavy atom. The second-order valence-electron chi connectivity index (χ2n) is 11.3. The molecular weight excluding hydrogens is 561 g/mol. The molecule has 1 heterocycles. The third kappa shape index (κ3) is 5.08. The van der Waals surface area contributed by atoms with Crippen LogP contribution in [-0.2, 0) is 0 Å². The summed E-state index contributed by atoms with van der Waals surface area (Å²) in [5.74, 6) is 0. The fourth-order valence-electron chi connectivity index (χ4n) is 6.40. The first-order chi connectivity index (χ1) is 22.3. The van der Waals surface area contributed by atoms with E-state index >= 15 is 0 Å². The first kappa shape index (κ1) is 27.1. The largest absolute Gasteiger partial charge is 0.134 e. The van der Waals surface area contributed by atoms with Crippen molar-refractivity contribution in [2.24, 2.45) is 0 Å². The summed E-state index contributed by atoms with van der Waals surface area (Å²) >= 11 is 1.91. The van der Waals surface area contributed by atoms with E-state index in [-0.39, 0.29) is 0 Å². The average Bonchev–Trinajstić information content (AvgIpc) is 3.52. The molecule has 45 heavy (non-hydrogen) atoms. The van der Waals surface area contributed by atoms with Crippen LogP contribution in [0.5, 0.6) is 0 Å². The molecule has 0 spiro atoms. The molecule has 7 aromatic carbocycles.